The molecule has 0 aliphatic heterocycles. The molecule has 0 fully saturated rings. The zero-order valence-corrected chi connectivity index (χ0v) is 13.7. The maximum Gasteiger partial charge on any atom is 0.248 e. The molecule has 0 saturated heterocycles. The molecule has 0 unspecified atom stereocenters. The van der Waals surface area contributed by atoms with Crippen LogP contribution in [0, 0.1) is 0 Å². The van der Waals surface area contributed by atoms with E-state index in [-0.39, 0.29) is 23.9 Å². The van der Waals surface area contributed by atoms with Crippen molar-refractivity contribution in [1.82, 2.24) is 14.5 Å². The second-order valence-corrected chi connectivity index (χ2v) is 7.21. The number of halogens is 1. The van der Waals surface area contributed by atoms with E-state index in [1.54, 1.807) is 12.1 Å². The number of rotatable bonds is 6. The van der Waals surface area contributed by atoms with E-state index in [1.165, 1.54) is 17.5 Å². The Balaban J connectivity index is 1.94. The van der Waals surface area contributed by atoms with E-state index in [0.717, 1.165) is 4.47 Å². The average molecular weight is 375 g/mol. The normalized spacial score (nSPS) is 11.8. The summed E-state index contributed by atoms with van der Waals surface area (Å²) < 4.78 is 32.1. The molecule has 0 aliphatic rings. The molecule has 0 spiro atoms. The van der Waals surface area contributed by atoms with Crippen LogP contribution < -0.4 is 10.5 Å². The number of H-pyrrole nitrogens is 1. The molecule has 0 amide bonds. The smallest absolute Gasteiger partial charge is 0.248 e. The summed E-state index contributed by atoms with van der Waals surface area (Å²) in [6.45, 7) is 0.429. The first-order valence-corrected chi connectivity index (χ1v) is 8.28. The summed E-state index contributed by atoms with van der Waals surface area (Å²) in [5.41, 5.74) is 5.54. The Hall–Kier alpha value is -1.58. The lowest BCUT2D eigenvalue weighted by Crippen LogP contribution is -2.31. The molecule has 114 valence electrons. The summed E-state index contributed by atoms with van der Waals surface area (Å²) >= 11 is 3.33. The minimum absolute atomic E-state index is 0.0238. The van der Waals surface area contributed by atoms with Crippen LogP contribution in [0.1, 0.15) is 0 Å². The number of sulfonamides is 1. The number of nitrogens with one attached hydrogen (secondary N) is 1. The lowest BCUT2D eigenvalue weighted by atomic mass is 10.3. The standard InChI is InChI=1S/C12H15BrN4O3S/c1-17(21(18,19)11-8-15-16-12(11)14)6-7-20-10-4-2-9(13)3-5-10/h2-5,8H,6-7H2,1H3,(H3,14,15,16). The quantitative estimate of drug-likeness (QED) is 0.796. The molecule has 0 radical (unpaired) electrons. The molecule has 2 aromatic rings. The lowest BCUT2D eigenvalue weighted by molar-refractivity contribution is 0.287. The average Bonchev–Trinajstić information content (AvgIpc) is 2.88. The van der Waals surface area contributed by atoms with Gasteiger partial charge in [-0.2, -0.15) is 9.40 Å². The zero-order chi connectivity index (χ0) is 15.5. The fourth-order valence-corrected chi connectivity index (χ4v) is 3.03. The van der Waals surface area contributed by atoms with E-state index in [9.17, 15) is 8.42 Å². The Morgan fingerprint density at radius 2 is 2.05 bits per heavy atom. The topological polar surface area (TPSA) is 101 Å². The van der Waals surface area contributed by atoms with Gasteiger partial charge < -0.3 is 10.5 Å². The summed E-state index contributed by atoms with van der Waals surface area (Å²) in [5, 5.41) is 6.02. The minimum Gasteiger partial charge on any atom is -0.492 e. The van der Waals surface area contributed by atoms with Crippen LogP contribution in [0.4, 0.5) is 5.82 Å². The maximum atomic E-state index is 12.2. The molecule has 7 nitrogen and oxygen atoms in total. The molecule has 0 aliphatic carbocycles. The molecule has 0 bridgehead atoms. The van der Waals surface area contributed by atoms with Crippen molar-refractivity contribution in [2.45, 2.75) is 4.90 Å². The Morgan fingerprint density at radius 3 is 2.62 bits per heavy atom. The highest BCUT2D eigenvalue weighted by molar-refractivity contribution is 9.10. The number of nitrogen functional groups attached to an aromatic ring is 1. The third kappa shape index (κ3) is 3.74. The van der Waals surface area contributed by atoms with Gasteiger partial charge in [0.1, 0.15) is 23.1 Å². The number of aromatic nitrogens is 2. The van der Waals surface area contributed by atoms with Crippen LogP contribution in [0.25, 0.3) is 0 Å². The summed E-state index contributed by atoms with van der Waals surface area (Å²) in [6.07, 6.45) is 1.19. The van der Waals surface area contributed by atoms with Crippen molar-refractivity contribution in [2.24, 2.45) is 0 Å². The van der Waals surface area contributed by atoms with Gasteiger partial charge in [0.25, 0.3) is 0 Å². The van der Waals surface area contributed by atoms with Gasteiger partial charge in [0.05, 0.1) is 6.20 Å². The van der Waals surface area contributed by atoms with E-state index in [2.05, 4.69) is 26.1 Å². The second-order valence-electron chi connectivity index (χ2n) is 4.28. The molecule has 2 rings (SSSR count). The van der Waals surface area contributed by atoms with E-state index in [1.807, 2.05) is 12.1 Å². The van der Waals surface area contributed by atoms with Gasteiger partial charge >= 0.3 is 0 Å². The van der Waals surface area contributed by atoms with E-state index in [4.69, 9.17) is 10.5 Å². The Labute approximate surface area is 131 Å². The Kier molecular flexibility index (Phi) is 4.86. The van der Waals surface area contributed by atoms with Crippen molar-refractivity contribution in [3.05, 3.63) is 34.9 Å². The number of ether oxygens (including phenoxy) is 1. The van der Waals surface area contributed by atoms with Crippen LogP contribution in [-0.2, 0) is 10.0 Å². The number of aromatic amines is 1. The van der Waals surface area contributed by atoms with Crippen molar-refractivity contribution in [3.8, 4) is 5.75 Å². The van der Waals surface area contributed by atoms with Gasteiger partial charge in [-0.25, -0.2) is 8.42 Å². The summed E-state index contributed by atoms with van der Waals surface area (Å²) in [5.74, 6) is 0.697. The van der Waals surface area contributed by atoms with Crippen LogP contribution in [-0.4, -0.2) is 43.1 Å². The molecule has 21 heavy (non-hydrogen) atoms. The highest BCUT2D eigenvalue weighted by Gasteiger charge is 2.24. The highest BCUT2D eigenvalue weighted by Crippen LogP contribution is 2.19. The zero-order valence-electron chi connectivity index (χ0n) is 11.3. The van der Waals surface area contributed by atoms with Gasteiger partial charge in [-0.1, -0.05) is 15.9 Å². The molecule has 1 aromatic heterocycles. The van der Waals surface area contributed by atoms with E-state index >= 15 is 0 Å². The molecule has 0 saturated carbocycles. The van der Waals surface area contributed by atoms with Crippen LogP contribution in [0.3, 0.4) is 0 Å². The Bertz CT molecular complexity index is 700. The second kappa shape index (κ2) is 6.46. The van der Waals surface area contributed by atoms with Crippen LogP contribution in [0.5, 0.6) is 5.75 Å². The molecule has 9 heteroatoms. The first kappa shape index (κ1) is 15.8. The van der Waals surface area contributed by atoms with Crippen LogP contribution >= 0.6 is 15.9 Å². The third-order valence-electron chi connectivity index (χ3n) is 2.81. The fourth-order valence-electron chi connectivity index (χ4n) is 1.60. The number of likely N-dealkylation sites (N-methyl/N-ethyl adjacent to an activating group) is 1. The van der Waals surface area contributed by atoms with Gasteiger partial charge in [-0.05, 0) is 24.3 Å². The first-order chi connectivity index (χ1) is 9.91. The van der Waals surface area contributed by atoms with Crippen molar-refractivity contribution < 1.29 is 13.2 Å². The van der Waals surface area contributed by atoms with Crippen molar-refractivity contribution in [2.75, 3.05) is 25.9 Å². The third-order valence-corrected chi connectivity index (χ3v) is 5.22. The first-order valence-electron chi connectivity index (χ1n) is 6.05. The van der Waals surface area contributed by atoms with Gasteiger partial charge in [-0.15, -0.1) is 0 Å². The lowest BCUT2D eigenvalue weighted by Gasteiger charge is -2.16. The van der Waals surface area contributed by atoms with Gasteiger partial charge in [-0.3, -0.25) is 5.10 Å². The number of benzene rings is 1. The largest absolute Gasteiger partial charge is 0.492 e. The number of hydrogen-bond donors (Lipinski definition) is 2. The number of anilines is 1. The highest BCUT2D eigenvalue weighted by atomic mass is 79.9. The van der Waals surface area contributed by atoms with Gasteiger partial charge in [0.2, 0.25) is 10.0 Å². The SMILES string of the molecule is CN(CCOc1ccc(Br)cc1)S(=O)(=O)c1cn[nH]c1N. The maximum absolute atomic E-state index is 12.2. The van der Waals surface area contributed by atoms with Gasteiger partial charge in [0, 0.05) is 18.1 Å². The predicted molar refractivity (Wildman–Crippen MR) is 82.5 cm³/mol. The predicted octanol–water partition coefficient (Wildman–Crippen LogP) is 1.45. The summed E-state index contributed by atoms with van der Waals surface area (Å²) in [4.78, 5) is -0.0337. The monoisotopic (exact) mass is 374 g/mol. The van der Waals surface area contributed by atoms with Crippen molar-refractivity contribution >= 4 is 31.8 Å². The molecule has 1 aromatic carbocycles. The van der Waals surface area contributed by atoms with E-state index < -0.39 is 10.0 Å². The minimum atomic E-state index is -3.66. The summed E-state index contributed by atoms with van der Waals surface area (Å²) in [7, 11) is -2.20. The van der Waals surface area contributed by atoms with E-state index in [0.29, 0.717) is 5.75 Å². The molecule has 0 atom stereocenters. The van der Waals surface area contributed by atoms with Crippen LogP contribution in [0.15, 0.2) is 39.8 Å². The number of hydrogen-bond acceptors (Lipinski definition) is 5. The fraction of sp³-hybridized carbons (Fsp3) is 0.250. The number of nitrogens with two attached hydrogens (primary N) is 1. The molecule has 3 N–H and O–H groups in total. The van der Waals surface area contributed by atoms with Gasteiger partial charge in [0.15, 0.2) is 0 Å². The summed E-state index contributed by atoms with van der Waals surface area (Å²) in [6, 6.07) is 7.29. The number of nitrogens with zero attached hydrogens (tertiary/aromatic N) is 2. The molecule has 1 heterocycles. The van der Waals surface area contributed by atoms with Crippen LogP contribution in [0.2, 0.25) is 0 Å². The molecular formula is C12H15BrN4O3S. The van der Waals surface area contributed by atoms with Crippen molar-refractivity contribution in [1.29, 1.82) is 0 Å². The molecular weight excluding hydrogens is 360 g/mol. The van der Waals surface area contributed by atoms with Crippen molar-refractivity contribution in [3.63, 3.8) is 0 Å². The Morgan fingerprint density at radius 1 is 1.38 bits per heavy atom.